The summed E-state index contributed by atoms with van der Waals surface area (Å²) in [5.74, 6) is -1.20. The van der Waals surface area contributed by atoms with Gasteiger partial charge in [0.2, 0.25) is 0 Å². The number of aryl methyl sites for hydroxylation is 1. The van der Waals surface area contributed by atoms with Crippen LogP contribution in [-0.4, -0.2) is 22.0 Å². The van der Waals surface area contributed by atoms with Crippen molar-refractivity contribution < 1.29 is 19.1 Å². The van der Waals surface area contributed by atoms with Crippen molar-refractivity contribution in [3.8, 4) is 11.3 Å². The first-order valence-corrected chi connectivity index (χ1v) is 7.98. The minimum atomic E-state index is -0.948. The van der Waals surface area contributed by atoms with Crippen LogP contribution in [0.15, 0.2) is 47.1 Å². The Morgan fingerprint density at radius 2 is 2.00 bits per heavy atom. The van der Waals surface area contributed by atoms with E-state index in [1.807, 2.05) is 31.2 Å². The minimum absolute atomic E-state index is 0.155. The number of hydrogen-bond donors (Lipinski definition) is 2. The van der Waals surface area contributed by atoms with Gasteiger partial charge in [-0.25, -0.2) is 4.98 Å². The van der Waals surface area contributed by atoms with Gasteiger partial charge in [-0.15, -0.1) is 11.3 Å². The van der Waals surface area contributed by atoms with Crippen molar-refractivity contribution in [2.75, 3.05) is 5.32 Å². The topological polar surface area (TPSA) is 92.4 Å². The molecule has 0 atom stereocenters. The summed E-state index contributed by atoms with van der Waals surface area (Å²) < 4.78 is 5.04. The Bertz CT molecular complexity index is 867. The van der Waals surface area contributed by atoms with Gasteiger partial charge in [-0.3, -0.25) is 14.9 Å². The van der Waals surface area contributed by atoms with Crippen molar-refractivity contribution in [3.63, 3.8) is 0 Å². The molecular weight excluding hydrogens is 328 g/mol. The number of anilines is 1. The molecule has 122 valence electrons. The second kappa shape index (κ2) is 6.67. The highest BCUT2D eigenvalue weighted by molar-refractivity contribution is 7.16. The molecule has 1 aromatic carbocycles. The van der Waals surface area contributed by atoms with Crippen LogP contribution in [0.2, 0.25) is 0 Å². The number of carboxylic acid groups (broad SMARTS) is 1. The molecule has 0 unspecified atom stereocenters. The van der Waals surface area contributed by atoms with Crippen LogP contribution in [0.1, 0.15) is 21.0 Å². The molecule has 2 N–H and O–H groups in total. The van der Waals surface area contributed by atoms with E-state index in [2.05, 4.69) is 10.3 Å². The maximum Gasteiger partial charge on any atom is 0.308 e. The molecule has 0 aliphatic carbocycles. The van der Waals surface area contributed by atoms with E-state index in [0.29, 0.717) is 15.7 Å². The van der Waals surface area contributed by atoms with E-state index in [4.69, 9.17) is 9.52 Å². The van der Waals surface area contributed by atoms with Crippen molar-refractivity contribution in [1.29, 1.82) is 0 Å². The minimum Gasteiger partial charge on any atom is -0.481 e. The molecule has 0 fully saturated rings. The molecule has 0 spiro atoms. The van der Waals surface area contributed by atoms with Gasteiger partial charge in [-0.2, -0.15) is 0 Å². The Morgan fingerprint density at radius 3 is 2.62 bits per heavy atom. The standard InChI is InChI=1S/C17H14N2O4S/c1-10-4-6-11(7-5-10)15-13(9-14(20)21)24-17(18-15)19-16(22)12-3-2-8-23-12/h2-8H,9H2,1H3,(H,20,21)(H,18,19,22). The number of rotatable bonds is 5. The number of carbonyl (C=O) groups is 2. The van der Waals surface area contributed by atoms with Gasteiger partial charge in [0.25, 0.3) is 5.91 Å². The number of nitrogens with zero attached hydrogens (tertiary/aromatic N) is 1. The summed E-state index contributed by atoms with van der Waals surface area (Å²) in [6.45, 7) is 1.97. The summed E-state index contributed by atoms with van der Waals surface area (Å²) in [7, 11) is 0. The lowest BCUT2D eigenvalue weighted by Gasteiger charge is -2.01. The highest BCUT2D eigenvalue weighted by Crippen LogP contribution is 2.32. The van der Waals surface area contributed by atoms with E-state index in [0.717, 1.165) is 22.5 Å². The van der Waals surface area contributed by atoms with Gasteiger partial charge in [0.15, 0.2) is 10.9 Å². The number of thiazole rings is 1. The van der Waals surface area contributed by atoms with Crippen LogP contribution in [-0.2, 0) is 11.2 Å². The molecule has 1 amide bonds. The first kappa shape index (κ1) is 15.9. The van der Waals surface area contributed by atoms with Gasteiger partial charge >= 0.3 is 5.97 Å². The fraction of sp³-hybridized carbons (Fsp3) is 0.118. The lowest BCUT2D eigenvalue weighted by Crippen LogP contribution is -2.10. The summed E-state index contributed by atoms with van der Waals surface area (Å²) in [5, 5.41) is 12.1. The maximum atomic E-state index is 12.0. The molecule has 0 saturated heterocycles. The third-order valence-electron chi connectivity index (χ3n) is 3.30. The highest BCUT2D eigenvalue weighted by atomic mass is 32.1. The monoisotopic (exact) mass is 342 g/mol. The van der Waals surface area contributed by atoms with Crippen LogP contribution in [0.4, 0.5) is 5.13 Å². The van der Waals surface area contributed by atoms with E-state index >= 15 is 0 Å². The van der Waals surface area contributed by atoms with Crippen molar-refractivity contribution in [2.45, 2.75) is 13.3 Å². The van der Waals surface area contributed by atoms with Gasteiger partial charge in [-0.05, 0) is 19.1 Å². The van der Waals surface area contributed by atoms with E-state index in [-0.39, 0.29) is 12.2 Å². The number of nitrogens with one attached hydrogen (secondary N) is 1. The molecular formula is C17H14N2O4S. The van der Waals surface area contributed by atoms with E-state index in [1.54, 1.807) is 12.1 Å². The summed E-state index contributed by atoms with van der Waals surface area (Å²) >= 11 is 1.15. The number of carboxylic acids is 1. The molecule has 6 nitrogen and oxygen atoms in total. The van der Waals surface area contributed by atoms with Gasteiger partial charge in [-0.1, -0.05) is 29.8 Å². The van der Waals surface area contributed by atoms with Gasteiger partial charge in [0, 0.05) is 10.4 Å². The molecule has 2 aromatic heterocycles. The average molecular weight is 342 g/mol. The van der Waals surface area contributed by atoms with Crippen LogP contribution in [0.3, 0.4) is 0 Å². The molecule has 24 heavy (non-hydrogen) atoms. The summed E-state index contributed by atoms with van der Waals surface area (Å²) in [6.07, 6.45) is 1.25. The summed E-state index contributed by atoms with van der Waals surface area (Å²) in [4.78, 5) is 28.1. The Labute approximate surface area is 141 Å². The molecule has 0 aliphatic rings. The third kappa shape index (κ3) is 3.52. The fourth-order valence-corrected chi connectivity index (χ4v) is 3.14. The Morgan fingerprint density at radius 1 is 1.25 bits per heavy atom. The molecule has 7 heteroatoms. The average Bonchev–Trinajstić information content (AvgIpc) is 3.18. The molecule has 2 heterocycles. The number of furan rings is 1. The first-order valence-electron chi connectivity index (χ1n) is 7.16. The smallest absolute Gasteiger partial charge is 0.308 e. The second-order valence-electron chi connectivity index (χ2n) is 5.16. The van der Waals surface area contributed by atoms with Crippen LogP contribution < -0.4 is 5.32 Å². The predicted octanol–water partition coefficient (Wildman–Crippen LogP) is 3.59. The zero-order valence-corrected chi connectivity index (χ0v) is 13.6. The van der Waals surface area contributed by atoms with Crippen LogP contribution in [0.5, 0.6) is 0 Å². The van der Waals surface area contributed by atoms with Crippen LogP contribution in [0, 0.1) is 6.92 Å². The lowest BCUT2D eigenvalue weighted by atomic mass is 10.1. The van der Waals surface area contributed by atoms with E-state index in [9.17, 15) is 9.59 Å². The zero-order valence-electron chi connectivity index (χ0n) is 12.8. The number of aliphatic carboxylic acids is 1. The van der Waals surface area contributed by atoms with Crippen molar-refractivity contribution >= 4 is 28.3 Å². The summed E-state index contributed by atoms with van der Waals surface area (Å²) in [6, 6.07) is 10.8. The lowest BCUT2D eigenvalue weighted by molar-refractivity contribution is -0.136. The SMILES string of the molecule is Cc1ccc(-c2nc(NC(=O)c3ccco3)sc2CC(=O)O)cc1. The van der Waals surface area contributed by atoms with Gasteiger partial charge < -0.3 is 9.52 Å². The van der Waals surface area contributed by atoms with Crippen LogP contribution >= 0.6 is 11.3 Å². The first-order chi connectivity index (χ1) is 11.5. The number of amides is 1. The van der Waals surface area contributed by atoms with E-state index < -0.39 is 11.9 Å². The molecule has 0 bridgehead atoms. The molecule has 0 aliphatic heterocycles. The maximum absolute atomic E-state index is 12.0. The summed E-state index contributed by atoms with van der Waals surface area (Å²) in [5.41, 5.74) is 2.48. The van der Waals surface area contributed by atoms with Crippen molar-refractivity contribution in [3.05, 3.63) is 58.9 Å². The fourth-order valence-electron chi connectivity index (χ4n) is 2.17. The van der Waals surface area contributed by atoms with E-state index in [1.165, 1.54) is 6.26 Å². The number of carbonyl (C=O) groups excluding carboxylic acids is 1. The Kier molecular flexibility index (Phi) is 4.43. The quantitative estimate of drug-likeness (QED) is 0.739. The number of hydrogen-bond acceptors (Lipinski definition) is 5. The molecule has 3 rings (SSSR count). The second-order valence-corrected chi connectivity index (χ2v) is 6.24. The van der Waals surface area contributed by atoms with Crippen molar-refractivity contribution in [1.82, 2.24) is 4.98 Å². The largest absolute Gasteiger partial charge is 0.481 e. The van der Waals surface area contributed by atoms with Gasteiger partial charge in [0.05, 0.1) is 18.4 Å². The predicted molar refractivity (Wildman–Crippen MR) is 90.3 cm³/mol. The molecule has 0 saturated carbocycles. The normalized spacial score (nSPS) is 10.5. The highest BCUT2D eigenvalue weighted by Gasteiger charge is 2.18. The van der Waals surface area contributed by atoms with Crippen LogP contribution in [0.25, 0.3) is 11.3 Å². The van der Waals surface area contributed by atoms with Gasteiger partial charge in [0.1, 0.15) is 0 Å². The zero-order chi connectivity index (χ0) is 17.1. The third-order valence-corrected chi connectivity index (χ3v) is 4.27. The Balaban J connectivity index is 1.92. The molecule has 3 aromatic rings. The number of aromatic nitrogens is 1. The molecule has 0 radical (unpaired) electrons. The number of benzene rings is 1. The Hall–Kier alpha value is -2.93. The van der Waals surface area contributed by atoms with Crippen molar-refractivity contribution in [2.24, 2.45) is 0 Å².